The predicted octanol–water partition coefficient (Wildman–Crippen LogP) is 2.83. The number of amides is 1. The summed E-state index contributed by atoms with van der Waals surface area (Å²) in [5.74, 6) is -1.35. The molecular formula is C20H17NO5. The van der Waals surface area contributed by atoms with Gasteiger partial charge in [-0.25, -0.2) is 9.59 Å². The number of nitrogens with one attached hydrogen (secondary N) is 1. The molecule has 0 saturated heterocycles. The van der Waals surface area contributed by atoms with E-state index in [1.165, 1.54) is 6.07 Å². The van der Waals surface area contributed by atoms with Crippen LogP contribution in [0.1, 0.15) is 28.9 Å². The van der Waals surface area contributed by atoms with Crippen molar-refractivity contribution in [2.24, 2.45) is 0 Å². The van der Waals surface area contributed by atoms with Gasteiger partial charge < -0.3 is 14.5 Å². The van der Waals surface area contributed by atoms with Crippen LogP contribution in [-0.4, -0.2) is 18.5 Å². The molecule has 0 aliphatic heterocycles. The van der Waals surface area contributed by atoms with Crippen LogP contribution in [-0.2, 0) is 9.53 Å². The van der Waals surface area contributed by atoms with E-state index in [-0.39, 0.29) is 11.6 Å². The average Bonchev–Trinajstić information content (AvgIpc) is 2.66. The molecule has 1 N–H and O–H groups in total. The van der Waals surface area contributed by atoms with Gasteiger partial charge in [-0.05, 0) is 24.6 Å². The Labute approximate surface area is 149 Å². The number of fused-ring (bicyclic) bond motifs is 1. The molecule has 1 heterocycles. The van der Waals surface area contributed by atoms with Gasteiger partial charge in [0, 0.05) is 5.39 Å². The zero-order valence-corrected chi connectivity index (χ0v) is 14.1. The summed E-state index contributed by atoms with van der Waals surface area (Å²) in [6.07, 6.45) is 0. The maximum atomic E-state index is 12.1. The molecule has 0 fully saturated rings. The Balaban J connectivity index is 1.63. The fourth-order valence-corrected chi connectivity index (χ4v) is 2.52. The predicted molar refractivity (Wildman–Crippen MR) is 95.8 cm³/mol. The summed E-state index contributed by atoms with van der Waals surface area (Å²) in [6.45, 7) is 1.34. The molecule has 0 bridgehead atoms. The molecule has 3 rings (SSSR count). The van der Waals surface area contributed by atoms with Crippen molar-refractivity contribution in [2.75, 3.05) is 6.61 Å². The third-order valence-corrected chi connectivity index (χ3v) is 3.87. The SMILES string of the molecule is CC(NC(=O)COC(=O)c1cc2ccccc2oc1=O)c1ccccc1. The second-order valence-electron chi connectivity index (χ2n) is 5.76. The maximum Gasteiger partial charge on any atom is 0.351 e. The molecule has 1 atom stereocenters. The Kier molecular flexibility index (Phi) is 5.12. The molecule has 2 aromatic carbocycles. The summed E-state index contributed by atoms with van der Waals surface area (Å²) in [5, 5.41) is 3.33. The molecule has 0 saturated carbocycles. The summed E-state index contributed by atoms with van der Waals surface area (Å²) in [7, 11) is 0. The lowest BCUT2D eigenvalue weighted by molar-refractivity contribution is -0.124. The molecule has 0 aliphatic carbocycles. The van der Waals surface area contributed by atoms with Gasteiger partial charge in [-0.3, -0.25) is 4.79 Å². The van der Waals surface area contributed by atoms with Gasteiger partial charge in [0.15, 0.2) is 6.61 Å². The molecule has 1 amide bonds. The van der Waals surface area contributed by atoms with E-state index in [0.29, 0.717) is 11.0 Å². The van der Waals surface area contributed by atoms with Crippen molar-refractivity contribution in [1.29, 1.82) is 0 Å². The average molecular weight is 351 g/mol. The van der Waals surface area contributed by atoms with Crippen LogP contribution in [0.4, 0.5) is 0 Å². The summed E-state index contributed by atoms with van der Waals surface area (Å²) in [4.78, 5) is 36.0. The molecule has 0 spiro atoms. The van der Waals surface area contributed by atoms with Gasteiger partial charge in [0.1, 0.15) is 11.1 Å². The number of benzene rings is 2. The minimum absolute atomic E-state index is 0.229. The number of ether oxygens (including phenoxy) is 1. The van der Waals surface area contributed by atoms with Crippen LogP contribution in [0.5, 0.6) is 0 Å². The molecule has 6 heteroatoms. The zero-order valence-electron chi connectivity index (χ0n) is 14.1. The van der Waals surface area contributed by atoms with Crippen molar-refractivity contribution in [3.05, 3.63) is 82.2 Å². The Bertz CT molecular complexity index is 994. The van der Waals surface area contributed by atoms with E-state index >= 15 is 0 Å². The van der Waals surface area contributed by atoms with Gasteiger partial charge in [0.2, 0.25) is 0 Å². The Hall–Kier alpha value is -3.41. The van der Waals surface area contributed by atoms with Crippen molar-refractivity contribution >= 4 is 22.8 Å². The van der Waals surface area contributed by atoms with E-state index in [4.69, 9.17) is 9.15 Å². The fourth-order valence-electron chi connectivity index (χ4n) is 2.52. The van der Waals surface area contributed by atoms with Crippen LogP contribution < -0.4 is 10.9 Å². The zero-order chi connectivity index (χ0) is 18.5. The van der Waals surface area contributed by atoms with Crippen molar-refractivity contribution < 1.29 is 18.7 Å². The molecule has 1 unspecified atom stereocenters. The van der Waals surface area contributed by atoms with E-state index in [2.05, 4.69) is 5.32 Å². The first kappa shape index (κ1) is 17.4. The van der Waals surface area contributed by atoms with Crippen LogP contribution in [0.2, 0.25) is 0 Å². The largest absolute Gasteiger partial charge is 0.452 e. The molecular weight excluding hydrogens is 334 g/mol. The third kappa shape index (κ3) is 3.97. The van der Waals surface area contributed by atoms with Gasteiger partial charge >= 0.3 is 11.6 Å². The Morgan fingerprint density at radius 3 is 2.54 bits per heavy atom. The van der Waals surface area contributed by atoms with E-state index in [9.17, 15) is 14.4 Å². The van der Waals surface area contributed by atoms with Gasteiger partial charge in [0.05, 0.1) is 6.04 Å². The lowest BCUT2D eigenvalue weighted by Crippen LogP contribution is -2.31. The lowest BCUT2D eigenvalue weighted by Gasteiger charge is -2.14. The molecule has 0 aliphatic rings. The standard InChI is InChI=1S/C20H17NO5/c1-13(14-7-3-2-4-8-14)21-18(22)12-25-19(23)16-11-15-9-5-6-10-17(15)26-20(16)24/h2-11,13H,12H2,1H3,(H,21,22). The smallest absolute Gasteiger partial charge is 0.351 e. The number of carbonyl (C=O) groups is 2. The van der Waals surface area contributed by atoms with E-state index in [1.54, 1.807) is 24.3 Å². The first-order valence-electron chi connectivity index (χ1n) is 8.09. The molecule has 132 valence electrons. The van der Waals surface area contributed by atoms with Crippen LogP contribution >= 0.6 is 0 Å². The monoisotopic (exact) mass is 351 g/mol. The second kappa shape index (κ2) is 7.65. The van der Waals surface area contributed by atoms with Gasteiger partial charge in [-0.1, -0.05) is 48.5 Å². The van der Waals surface area contributed by atoms with Gasteiger partial charge in [-0.2, -0.15) is 0 Å². The summed E-state index contributed by atoms with van der Waals surface area (Å²) < 4.78 is 10.0. The minimum Gasteiger partial charge on any atom is -0.452 e. The lowest BCUT2D eigenvalue weighted by atomic mass is 10.1. The number of hydrogen-bond donors (Lipinski definition) is 1. The number of rotatable bonds is 5. The van der Waals surface area contributed by atoms with Crippen molar-refractivity contribution in [1.82, 2.24) is 5.32 Å². The van der Waals surface area contributed by atoms with Crippen LogP contribution in [0.3, 0.4) is 0 Å². The molecule has 6 nitrogen and oxygen atoms in total. The maximum absolute atomic E-state index is 12.1. The first-order valence-corrected chi connectivity index (χ1v) is 8.09. The summed E-state index contributed by atoms with van der Waals surface area (Å²) in [6, 6.07) is 17.4. The van der Waals surface area contributed by atoms with Crippen molar-refractivity contribution in [3.63, 3.8) is 0 Å². The minimum atomic E-state index is -0.896. The normalized spacial score (nSPS) is 11.7. The van der Waals surface area contributed by atoms with Crippen molar-refractivity contribution in [2.45, 2.75) is 13.0 Å². The van der Waals surface area contributed by atoms with Crippen LogP contribution in [0, 0.1) is 0 Å². The number of esters is 1. The summed E-state index contributed by atoms with van der Waals surface area (Å²) in [5.41, 5.74) is 0.269. The number of hydrogen-bond acceptors (Lipinski definition) is 5. The summed E-state index contributed by atoms with van der Waals surface area (Å²) >= 11 is 0. The third-order valence-electron chi connectivity index (χ3n) is 3.87. The molecule has 26 heavy (non-hydrogen) atoms. The topological polar surface area (TPSA) is 85.6 Å². The highest BCUT2D eigenvalue weighted by atomic mass is 16.5. The fraction of sp³-hybridized carbons (Fsp3) is 0.150. The second-order valence-corrected chi connectivity index (χ2v) is 5.76. The Morgan fingerprint density at radius 2 is 1.77 bits per heavy atom. The van der Waals surface area contributed by atoms with E-state index in [1.807, 2.05) is 37.3 Å². The Morgan fingerprint density at radius 1 is 1.08 bits per heavy atom. The molecule has 0 radical (unpaired) electrons. The highest BCUT2D eigenvalue weighted by molar-refractivity contribution is 5.94. The van der Waals surface area contributed by atoms with E-state index in [0.717, 1.165) is 5.56 Å². The molecule has 3 aromatic rings. The number of para-hydroxylation sites is 1. The van der Waals surface area contributed by atoms with Crippen LogP contribution in [0.15, 0.2) is 69.9 Å². The van der Waals surface area contributed by atoms with Gasteiger partial charge in [-0.15, -0.1) is 0 Å². The van der Waals surface area contributed by atoms with Crippen LogP contribution in [0.25, 0.3) is 11.0 Å². The highest BCUT2D eigenvalue weighted by Gasteiger charge is 2.17. The molecule has 1 aromatic heterocycles. The highest BCUT2D eigenvalue weighted by Crippen LogP contribution is 2.13. The number of carbonyl (C=O) groups excluding carboxylic acids is 2. The quantitative estimate of drug-likeness (QED) is 0.564. The van der Waals surface area contributed by atoms with Crippen molar-refractivity contribution in [3.8, 4) is 0 Å². The first-order chi connectivity index (χ1) is 12.5. The van der Waals surface area contributed by atoms with Gasteiger partial charge in [0.25, 0.3) is 5.91 Å². The van der Waals surface area contributed by atoms with E-state index < -0.39 is 24.1 Å².